The topological polar surface area (TPSA) is 38.0 Å². The van der Waals surface area contributed by atoms with Gasteiger partial charge >= 0.3 is 0 Å². The van der Waals surface area contributed by atoms with Gasteiger partial charge in [-0.25, -0.2) is 4.39 Å². The number of nitrogens with two attached hydrogens (primary N) is 1. The second-order valence-corrected chi connectivity index (χ2v) is 4.02. The van der Waals surface area contributed by atoms with Crippen molar-refractivity contribution in [3.63, 3.8) is 0 Å². The molecule has 13 heavy (non-hydrogen) atoms. The molecular formula is C8H9ClFIN2. The average Bonchev–Trinajstić information content (AvgIpc) is 2.09. The summed E-state index contributed by atoms with van der Waals surface area (Å²) >= 11 is 7.65. The first kappa shape index (κ1) is 10.8. The van der Waals surface area contributed by atoms with Crippen molar-refractivity contribution < 1.29 is 4.39 Å². The fraction of sp³-hybridized carbons (Fsp3) is 0.250. The summed E-state index contributed by atoms with van der Waals surface area (Å²) in [5, 5.41) is 2.94. The van der Waals surface area contributed by atoms with Crippen LogP contribution < -0.4 is 11.1 Å². The van der Waals surface area contributed by atoms with Crippen LogP contribution in [0.25, 0.3) is 0 Å². The minimum Gasteiger partial charge on any atom is -0.397 e. The van der Waals surface area contributed by atoms with Gasteiger partial charge in [-0.3, -0.25) is 0 Å². The fourth-order valence-electron chi connectivity index (χ4n) is 0.970. The molecule has 72 valence electrons. The van der Waals surface area contributed by atoms with Crippen molar-refractivity contribution in [3.05, 3.63) is 20.5 Å². The van der Waals surface area contributed by atoms with Crippen LogP contribution in [-0.4, -0.2) is 6.54 Å². The molecule has 0 bridgehead atoms. The molecule has 2 nitrogen and oxygen atoms in total. The smallest absolute Gasteiger partial charge is 0.168 e. The van der Waals surface area contributed by atoms with E-state index in [-0.39, 0.29) is 10.7 Å². The molecule has 0 heterocycles. The Morgan fingerprint density at radius 3 is 2.85 bits per heavy atom. The molecule has 0 unspecified atom stereocenters. The third-order valence-corrected chi connectivity index (χ3v) is 3.09. The Kier molecular flexibility index (Phi) is 3.61. The number of hydrogen-bond donors (Lipinski definition) is 2. The van der Waals surface area contributed by atoms with E-state index in [1.54, 1.807) is 6.07 Å². The quantitative estimate of drug-likeness (QED) is 0.500. The molecule has 0 fully saturated rings. The van der Waals surface area contributed by atoms with Crippen molar-refractivity contribution in [1.29, 1.82) is 0 Å². The van der Waals surface area contributed by atoms with Crippen molar-refractivity contribution >= 4 is 45.6 Å². The largest absolute Gasteiger partial charge is 0.397 e. The van der Waals surface area contributed by atoms with Gasteiger partial charge in [0.2, 0.25) is 0 Å². The van der Waals surface area contributed by atoms with Gasteiger partial charge < -0.3 is 11.1 Å². The van der Waals surface area contributed by atoms with Gasteiger partial charge in [0.15, 0.2) is 5.82 Å². The summed E-state index contributed by atoms with van der Waals surface area (Å²) in [4.78, 5) is 0. The molecule has 3 N–H and O–H groups in total. The summed E-state index contributed by atoms with van der Waals surface area (Å²) in [6, 6.07) is 1.64. The predicted molar refractivity (Wildman–Crippen MR) is 62.7 cm³/mol. The van der Waals surface area contributed by atoms with Crippen LogP contribution in [0, 0.1) is 9.39 Å². The van der Waals surface area contributed by atoms with Crippen LogP contribution in [0.1, 0.15) is 6.92 Å². The van der Waals surface area contributed by atoms with E-state index in [9.17, 15) is 4.39 Å². The summed E-state index contributed by atoms with van der Waals surface area (Å²) in [5.74, 6) is -0.479. The van der Waals surface area contributed by atoms with Crippen LogP contribution in [0.4, 0.5) is 15.8 Å². The lowest BCUT2D eigenvalue weighted by Crippen LogP contribution is -2.04. The van der Waals surface area contributed by atoms with Crippen LogP contribution in [0.15, 0.2) is 6.07 Å². The summed E-state index contributed by atoms with van der Waals surface area (Å²) in [6.07, 6.45) is 0. The lowest BCUT2D eigenvalue weighted by molar-refractivity contribution is 0.630. The Labute approximate surface area is 94.8 Å². The van der Waals surface area contributed by atoms with Crippen LogP contribution >= 0.6 is 34.2 Å². The predicted octanol–water partition coefficient (Wildman–Crippen LogP) is 3.10. The van der Waals surface area contributed by atoms with Crippen LogP contribution in [0.2, 0.25) is 5.02 Å². The van der Waals surface area contributed by atoms with E-state index < -0.39 is 5.82 Å². The SMILES string of the molecule is CCNc1c(N)cc(I)c(Cl)c1F. The molecule has 0 saturated heterocycles. The maximum Gasteiger partial charge on any atom is 0.168 e. The van der Waals surface area contributed by atoms with Gasteiger partial charge in [0.1, 0.15) is 0 Å². The summed E-state index contributed by atoms with van der Waals surface area (Å²) < 4.78 is 14.1. The lowest BCUT2D eigenvalue weighted by atomic mass is 10.2. The molecule has 0 aliphatic heterocycles. The van der Waals surface area contributed by atoms with Crippen molar-refractivity contribution in [3.8, 4) is 0 Å². The molecule has 0 amide bonds. The zero-order chi connectivity index (χ0) is 10.0. The molecule has 5 heteroatoms. The van der Waals surface area contributed by atoms with E-state index in [2.05, 4.69) is 5.32 Å². The van der Waals surface area contributed by atoms with E-state index in [0.29, 0.717) is 15.8 Å². The number of nitrogen functional groups attached to an aromatic ring is 1. The zero-order valence-electron chi connectivity index (χ0n) is 7.00. The van der Waals surface area contributed by atoms with E-state index in [1.165, 1.54) is 0 Å². The lowest BCUT2D eigenvalue weighted by Gasteiger charge is -2.10. The van der Waals surface area contributed by atoms with Gasteiger partial charge in [-0.05, 0) is 35.6 Å². The maximum atomic E-state index is 13.4. The summed E-state index contributed by atoms with van der Waals surface area (Å²) in [6.45, 7) is 2.47. The van der Waals surface area contributed by atoms with E-state index in [1.807, 2.05) is 29.5 Å². The van der Waals surface area contributed by atoms with Crippen LogP contribution in [0.3, 0.4) is 0 Å². The molecule has 0 aliphatic rings. The highest BCUT2D eigenvalue weighted by Gasteiger charge is 2.13. The van der Waals surface area contributed by atoms with Gasteiger partial charge in [-0.2, -0.15) is 0 Å². The first-order chi connectivity index (χ1) is 6.07. The highest BCUT2D eigenvalue weighted by molar-refractivity contribution is 14.1. The number of hydrogen-bond acceptors (Lipinski definition) is 2. The molecule has 0 spiro atoms. The van der Waals surface area contributed by atoms with Crippen molar-refractivity contribution in [2.75, 3.05) is 17.6 Å². The number of nitrogens with one attached hydrogen (secondary N) is 1. The Morgan fingerprint density at radius 1 is 1.69 bits per heavy atom. The Bertz CT molecular complexity index is 330. The highest BCUT2D eigenvalue weighted by Crippen LogP contribution is 2.32. The molecule has 1 aromatic rings. The van der Waals surface area contributed by atoms with Crippen molar-refractivity contribution in [1.82, 2.24) is 0 Å². The molecule has 1 rings (SSSR count). The third kappa shape index (κ3) is 2.17. The van der Waals surface area contributed by atoms with Crippen LogP contribution in [0.5, 0.6) is 0 Å². The van der Waals surface area contributed by atoms with Gasteiger partial charge in [-0.15, -0.1) is 0 Å². The Hall–Kier alpha value is -0.230. The van der Waals surface area contributed by atoms with E-state index in [4.69, 9.17) is 17.3 Å². The number of anilines is 2. The standard InChI is InChI=1S/C8H9ClFIN2/c1-2-13-8-5(12)3-4(11)6(9)7(8)10/h3,13H,2,12H2,1H3. The molecule has 0 radical (unpaired) electrons. The minimum absolute atomic E-state index is 0.116. The normalized spacial score (nSPS) is 10.2. The molecule has 0 atom stereocenters. The molecule has 0 saturated carbocycles. The van der Waals surface area contributed by atoms with Gasteiger partial charge in [0.25, 0.3) is 0 Å². The number of benzene rings is 1. The Morgan fingerprint density at radius 2 is 2.31 bits per heavy atom. The van der Waals surface area contributed by atoms with Crippen LogP contribution in [-0.2, 0) is 0 Å². The molecule has 0 aromatic heterocycles. The first-order valence-corrected chi connectivity index (χ1v) is 5.20. The number of rotatable bonds is 2. The van der Waals surface area contributed by atoms with Gasteiger partial charge in [0, 0.05) is 10.1 Å². The van der Waals surface area contributed by atoms with Crippen molar-refractivity contribution in [2.45, 2.75) is 6.92 Å². The molecular weight excluding hydrogens is 305 g/mol. The second-order valence-electron chi connectivity index (χ2n) is 2.48. The second kappa shape index (κ2) is 4.32. The average molecular weight is 315 g/mol. The summed E-state index contributed by atoms with van der Waals surface area (Å²) in [5.41, 5.74) is 6.28. The van der Waals surface area contributed by atoms with E-state index >= 15 is 0 Å². The zero-order valence-corrected chi connectivity index (χ0v) is 9.91. The minimum atomic E-state index is -0.479. The van der Waals surface area contributed by atoms with E-state index in [0.717, 1.165) is 0 Å². The summed E-state index contributed by atoms with van der Waals surface area (Å²) in [7, 11) is 0. The number of halogens is 3. The Balaban J connectivity index is 3.26. The maximum absolute atomic E-state index is 13.4. The monoisotopic (exact) mass is 314 g/mol. The van der Waals surface area contributed by atoms with Gasteiger partial charge in [-0.1, -0.05) is 11.6 Å². The molecule has 1 aromatic carbocycles. The molecule has 0 aliphatic carbocycles. The third-order valence-electron chi connectivity index (χ3n) is 1.55. The van der Waals surface area contributed by atoms with Crippen molar-refractivity contribution in [2.24, 2.45) is 0 Å². The fourth-order valence-corrected chi connectivity index (χ4v) is 1.69. The first-order valence-electron chi connectivity index (χ1n) is 3.74. The van der Waals surface area contributed by atoms with Gasteiger partial charge in [0.05, 0.1) is 16.4 Å². The highest BCUT2D eigenvalue weighted by atomic mass is 127.